The van der Waals surface area contributed by atoms with Gasteiger partial charge in [-0.25, -0.2) is 0 Å². The van der Waals surface area contributed by atoms with Crippen molar-refractivity contribution in [1.29, 1.82) is 0 Å². The zero-order chi connectivity index (χ0) is 18.5. The van der Waals surface area contributed by atoms with Gasteiger partial charge in [0.1, 0.15) is 12.4 Å². The molecular formula is C20H14Cl3NO2. The van der Waals surface area contributed by atoms with Crippen LogP contribution < -0.4 is 10.1 Å². The molecule has 0 saturated carbocycles. The van der Waals surface area contributed by atoms with Crippen molar-refractivity contribution < 1.29 is 9.53 Å². The van der Waals surface area contributed by atoms with Crippen LogP contribution in [0.1, 0.15) is 15.9 Å². The van der Waals surface area contributed by atoms with Crippen LogP contribution in [-0.2, 0) is 6.61 Å². The van der Waals surface area contributed by atoms with E-state index < -0.39 is 0 Å². The Hall–Kier alpha value is -2.20. The van der Waals surface area contributed by atoms with E-state index in [-0.39, 0.29) is 5.91 Å². The maximum absolute atomic E-state index is 12.4. The van der Waals surface area contributed by atoms with Crippen LogP contribution in [-0.4, -0.2) is 5.91 Å². The SMILES string of the molecule is O=C(Nc1ccc(Cl)c(Cl)c1)c1cccc(OCc2ccccc2Cl)c1. The molecule has 0 unspecified atom stereocenters. The van der Waals surface area contributed by atoms with Crippen LogP contribution in [0.2, 0.25) is 15.1 Å². The fraction of sp³-hybridized carbons (Fsp3) is 0.0500. The van der Waals surface area contributed by atoms with E-state index in [4.69, 9.17) is 39.5 Å². The van der Waals surface area contributed by atoms with Gasteiger partial charge in [-0.3, -0.25) is 4.79 Å². The molecule has 1 amide bonds. The normalized spacial score (nSPS) is 10.4. The molecule has 0 spiro atoms. The predicted molar refractivity (Wildman–Crippen MR) is 107 cm³/mol. The summed E-state index contributed by atoms with van der Waals surface area (Å²) < 4.78 is 5.75. The van der Waals surface area contributed by atoms with Gasteiger partial charge in [0.15, 0.2) is 0 Å². The number of nitrogens with one attached hydrogen (secondary N) is 1. The monoisotopic (exact) mass is 405 g/mol. The van der Waals surface area contributed by atoms with Gasteiger partial charge in [-0.05, 0) is 42.5 Å². The molecule has 3 aromatic rings. The number of rotatable bonds is 5. The second kappa shape index (κ2) is 8.45. The zero-order valence-electron chi connectivity index (χ0n) is 13.5. The Morgan fingerprint density at radius 3 is 2.42 bits per heavy atom. The number of ether oxygens (including phenoxy) is 1. The summed E-state index contributed by atoms with van der Waals surface area (Å²) in [7, 11) is 0. The van der Waals surface area contributed by atoms with E-state index in [0.29, 0.717) is 38.7 Å². The first kappa shape index (κ1) is 18.6. The lowest BCUT2D eigenvalue weighted by Crippen LogP contribution is -2.12. The molecular weight excluding hydrogens is 393 g/mol. The van der Waals surface area contributed by atoms with Gasteiger partial charge < -0.3 is 10.1 Å². The van der Waals surface area contributed by atoms with Gasteiger partial charge in [-0.1, -0.05) is 59.1 Å². The number of amides is 1. The van der Waals surface area contributed by atoms with E-state index >= 15 is 0 Å². The number of carbonyl (C=O) groups is 1. The van der Waals surface area contributed by atoms with Crippen molar-refractivity contribution in [3.63, 3.8) is 0 Å². The van der Waals surface area contributed by atoms with Crippen LogP contribution in [0, 0.1) is 0 Å². The molecule has 0 atom stereocenters. The Kier molecular flexibility index (Phi) is 6.04. The zero-order valence-corrected chi connectivity index (χ0v) is 15.8. The van der Waals surface area contributed by atoms with Gasteiger partial charge in [0, 0.05) is 21.8 Å². The first-order valence-corrected chi connectivity index (χ1v) is 8.89. The van der Waals surface area contributed by atoms with Crippen LogP contribution in [0.15, 0.2) is 66.7 Å². The molecule has 0 radical (unpaired) electrons. The van der Waals surface area contributed by atoms with E-state index in [2.05, 4.69) is 5.32 Å². The fourth-order valence-electron chi connectivity index (χ4n) is 2.28. The minimum atomic E-state index is -0.272. The lowest BCUT2D eigenvalue weighted by atomic mass is 10.2. The summed E-state index contributed by atoms with van der Waals surface area (Å²) in [5.41, 5.74) is 1.90. The van der Waals surface area contributed by atoms with Crippen molar-refractivity contribution in [2.45, 2.75) is 6.61 Å². The second-order valence-electron chi connectivity index (χ2n) is 5.49. The first-order valence-electron chi connectivity index (χ1n) is 7.75. The highest BCUT2D eigenvalue weighted by Gasteiger charge is 2.09. The number of hydrogen-bond donors (Lipinski definition) is 1. The van der Waals surface area contributed by atoms with Crippen LogP contribution in [0.3, 0.4) is 0 Å². The molecule has 0 fully saturated rings. The average Bonchev–Trinajstić information content (AvgIpc) is 2.64. The number of benzene rings is 3. The molecule has 26 heavy (non-hydrogen) atoms. The van der Waals surface area contributed by atoms with Gasteiger partial charge in [0.25, 0.3) is 5.91 Å². The van der Waals surface area contributed by atoms with Crippen molar-refractivity contribution in [2.75, 3.05) is 5.32 Å². The third-order valence-electron chi connectivity index (χ3n) is 3.63. The highest BCUT2D eigenvalue weighted by atomic mass is 35.5. The number of hydrogen-bond acceptors (Lipinski definition) is 2. The molecule has 6 heteroatoms. The number of carbonyl (C=O) groups excluding carboxylic acids is 1. The Morgan fingerprint density at radius 2 is 1.65 bits per heavy atom. The Labute approximate surface area is 166 Å². The van der Waals surface area contributed by atoms with E-state index in [9.17, 15) is 4.79 Å². The summed E-state index contributed by atoms with van der Waals surface area (Å²) in [5, 5.41) is 4.22. The molecule has 1 N–H and O–H groups in total. The van der Waals surface area contributed by atoms with Crippen LogP contribution >= 0.6 is 34.8 Å². The molecule has 132 valence electrons. The van der Waals surface area contributed by atoms with E-state index in [1.165, 1.54) is 0 Å². The Balaban J connectivity index is 1.69. The second-order valence-corrected chi connectivity index (χ2v) is 6.71. The maximum atomic E-state index is 12.4. The molecule has 0 aliphatic heterocycles. The van der Waals surface area contributed by atoms with Gasteiger partial charge in [0.2, 0.25) is 0 Å². The van der Waals surface area contributed by atoms with Crippen LogP contribution in [0.5, 0.6) is 5.75 Å². The summed E-state index contributed by atoms with van der Waals surface area (Å²) in [6.07, 6.45) is 0. The largest absolute Gasteiger partial charge is 0.489 e. The third kappa shape index (κ3) is 4.70. The fourth-order valence-corrected chi connectivity index (χ4v) is 2.77. The van der Waals surface area contributed by atoms with Crippen LogP contribution in [0.25, 0.3) is 0 Å². The molecule has 3 aromatic carbocycles. The highest BCUT2D eigenvalue weighted by molar-refractivity contribution is 6.42. The standard InChI is InChI=1S/C20H14Cl3NO2/c21-17-7-2-1-4-14(17)12-26-16-6-3-5-13(10-16)20(25)24-15-8-9-18(22)19(23)11-15/h1-11H,12H2,(H,24,25). The molecule has 3 rings (SSSR count). The van der Waals surface area contributed by atoms with Gasteiger partial charge in [-0.2, -0.15) is 0 Å². The van der Waals surface area contributed by atoms with Crippen LogP contribution in [0.4, 0.5) is 5.69 Å². The van der Waals surface area contributed by atoms with Gasteiger partial charge in [0.05, 0.1) is 10.0 Å². The number of anilines is 1. The quantitative estimate of drug-likeness (QED) is 0.526. The first-order chi connectivity index (χ1) is 12.5. The minimum Gasteiger partial charge on any atom is -0.489 e. The summed E-state index contributed by atoms with van der Waals surface area (Å²) in [5.74, 6) is 0.304. The molecule has 0 saturated heterocycles. The van der Waals surface area contributed by atoms with Gasteiger partial charge >= 0.3 is 0 Å². The van der Waals surface area contributed by atoms with Crippen molar-refractivity contribution in [3.8, 4) is 5.75 Å². The highest BCUT2D eigenvalue weighted by Crippen LogP contribution is 2.25. The topological polar surface area (TPSA) is 38.3 Å². The van der Waals surface area contributed by atoms with Crippen molar-refractivity contribution in [1.82, 2.24) is 0 Å². The molecule has 0 heterocycles. The lowest BCUT2D eigenvalue weighted by Gasteiger charge is -2.10. The molecule has 0 aliphatic rings. The minimum absolute atomic E-state index is 0.272. The lowest BCUT2D eigenvalue weighted by molar-refractivity contribution is 0.102. The third-order valence-corrected chi connectivity index (χ3v) is 4.73. The van der Waals surface area contributed by atoms with Crippen molar-refractivity contribution >= 4 is 46.4 Å². The Bertz CT molecular complexity index is 944. The maximum Gasteiger partial charge on any atom is 0.255 e. The summed E-state index contributed by atoms with van der Waals surface area (Å²) in [4.78, 5) is 12.4. The Morgan fingerprint density at radius 1 is 0.846 bits per heavy atom. The molecule has 0 bridgehead atoms. The molecule has 3 nitrogen and oxygen atoms in total. The van der Waals surface area contributed by atoms with E-state index in [1.807, 2.05) is 18.2 Å². The average molecular weight is 407 g/mol. The molecule has 0 aromatic heterocycles. The van der Waals surface area contributed by atoms with Crippen molar-refractivity contribution in [2.24, 2.45) is 0 Å². The summed E-state index contributed by atoms with van der Waals surface area (Å²) in [6, 6.07) is 19.3. The summed E-state index contributed by atoms with van der Waals surface area (Å²) in [6.45, 7) is 0.317. The summed E-state index contributed by atoms with van der Waals surface area (Å²) >= 11 is 18.0. The number of halogens is 3. The van der Waals surface area contributed by atoms with E-state index in [1.54, 1.807) is 48.5 Å². The van der Waals surface area contributed by atoms with Crippen molar-refractivity contribution in [3.05, 3.63) is 92.9 Å². The van der Waals surface area contributed by atoms with E-state index in [0.717, 1.165) is 5.56 Å². The van der Waals surface area contributed by atoms with Gasteiger partial charge in [-0.15, -0.1) is 0 Å². The molecule has 0 aliphatic carbocycles. The smallest absolute Gasteiger partial charge is 0.255 e. The predicted octanol–water partition coefficient (Wildman–Crippen LogP) is 6.48.